The van der Waals surface area contributed by atoms with E-state index in [1.807, 2.05) is 30.3 Å². The SMILES string of the molecule is COc1cc(NC(=O)[C@@H]2CCCN2C(=O)[C@@H](N)CCCCN)cc2ccccc12. The molecule has 0 aliphatic carbocycles. The van der Waals surface area contributed by atoms with Crippen molar-refractivity contribution in [2.45, 2.75) is 44.2 Å². The van der Waals surface area contributed by atoms with Gasteiger partial charge in [0.1, 0.15) is 11.8 Å². The van der Waals surface area contributed by atoms with Crippen LogP contribution in [-0.2, 0) is 9.59 Å². The first kappa shape index (κ1) is 21.1. The zero-order valence-corrected chi connectivity index (χ0v) is 16.9. The number of carbonyl (C=O) groups excluding carboxylic acids is 2. The molecule has 2 aromatic rings. The lowest BCUT2D eigenvalue weighted by Gasteiger charge is -2.27. The monoisotopic (exact) mass is 398 g/mol. The van der Waals surface area contributed by atoms with E-state index in [-0.39, 0.29) is 11.8 Å². The van der Waals surface area contributed by atoms with Crippen molar-refractivity contribution in [3.63, 3.8) is 0 Å². The third-order valence-corrected chi connectivity index (χ3v) is 5.44. The molecule has 1 fully saturated rings. The number of hydrogen-bond donors (Lipinski definition) is 3. The lowest BCUT2D eigenvalue weighted by molar-refractivity contribution is -0.137. The summed E-state index contributed by atoms with van der Waals surface area (Å²) in [7, 11) is 1.61. The smallest absolute Gasteiger partial charge is 0.247 e. The third-order valence-electron chi connectivity index (χ3n) is 5.44. The van der Waals surface area contributed by atoms with Gasteiger partial charge in [-0.1, -0.05) is 30.7 Å². The van der Waals surface area contributed by atoms with Crippen LogP contribution in [0.1, 0.15) is 32.1 Å². The summed E-state index contributed by atoms with van der Waals surface area (Å²) in [6.07, 6.45) is 3.67. The van der Waals surface area contributed by atoms with E-state index in [4.69, 9.17) is 16.2 Å². The second-order valence-corrected chi connectivity index (χ2v) is 7.47. The number of nitrogens with zero attached hydrogens (tertiary/aromatic N) is 1. The van der Waals surface area contributed by atoms with E-state index < -0.39 is 12.1 Å². The summed E-state index contributed by atoms with van der Waals surface area (Å²) in [6.45, 7) is 1.15. The standard InChI is InChI=1S/C22H30N4O3/c1-29-20-14-16(13-15-7-2-3-8-17(15)20)25-21(27)19-10-6-12-26(19)22(28)18(24)9-4-5-11-23/h2-3,7-8,13-14,18-19H,4-6,9-12,23-24H2,1H3,(H,25,27)/t18-,19-/m0/s1. The Hall–Kier alpha value is -2.64. The number of unbranched alkanes of at least 4 members (excludes halogenated alkanes) is 1. The number of amides is 2. The number of rotatable bonds is 8. The molecule has 5 N–H and O–H groups in total. The average Bonchev–Trinajstić information content (AvgIpc) is 3.22. The van der Waals surface area contributed by atoms with E-state index in [1.54, 1.807) is 18.1 Å². The number of fused-ring (bicyclic) bond motifs is 1. The molecule has 0 spiro atoms. The van der Waals surface area contributed by atoms with Crippen LogP contribution in [0.2, 0.25) is 0 Å². The number of hydrogen-bond acceptors (Lipinski definition) is 5. The lowest BCUT2D eigenvalue weighted by atomic mass is 10.1. The molecule has 3 rings (SSSR count). The highest BCUT2D eigenvalue weighted by atomic mass is 16.5. The molecule has 29 heavy (non-hydrogen) atoms. The largest absolute Gasteiger partial charge is 0.496 e. The Balaban J connectivity index is 1.71. The summed E-state index contributed by atoms with van der Waals surface area (Å²) in [5.74, 6) is 0.345. The van der Waals surface area contributed by atoms with Crippen LogP contribution >= 0.6 is 0 Å². The molecule has 0 saturated carbocycles. The molecule has 1 saturated heterocycles. The molecule has 0 radical (unpaired) electrons. The zero-order chi connectivity index (χ0) is 20.8. The van der Waals surface area contributed by atoms with Gasteiger partial charge in [0, 0.05) is 23.7 Å². The number of nitrogens with one attached hydrogen (secondary N) is 1. The number of nitrogens with two attached hydrogens (primary N) is 2. The Morgan fingerprint density at radius 3 is 2.83 bits per heavy atom. The van der Waals surface area contributed by atoms with Crippen molar-refractivity contribution in [1.29, 1.82) is 0 Å². The molecule has 0 bridgehead atoms. The van der Waals surface area contributed by atoms with Crippen molar-refractivity contribution in [2.75, 3.05) is 25.5 Å². The van der Waals surface area contributed by atoms with Gasteiger partial charge in [-0.05, 0) is 43.7 Å². The van der Waals surface area contributed by atoms with Gasteiger partial charge in [0.15, 0.2) is 0 Å². The van der Waals surface area contributed by atoms with Crippen LogP contribution in [0.5, 0.6) is 5.75 Å². The fourth-order valence-corrected chi connectivity index (χ4v) is 3.89. The second kappa shape index (κ2) is 9.71. The number of likely N-dealkylation sites (tertiary alicyclic amines) is 1. The maximum Gasteiger partial charge on any atom is 0.247 e. The van der Waals surface area contributed by atoms with Gasteiger partial charge in [0.05, 0.1) is 13.2 Å². The molecule has 0 aromatic heterocycles. The molecule has 156 valence electrons. The predicted molar refractivity (Wildman–Crippen MR) is 115 cm³/mol. The fraction of sp³-hybridized carbons (Fsp3) is 0.455. The lowest BCUT2D eigenvalue weighted by Crippen LogP contribution is -2.49. The predicted octanol–water partition coefficient (Wildman–Crippen LogP) is 2.23. The van der Waals surface area contributed by atoms with E-state index in [0.29, 0.717) is 37.4 Å². The maximum atomic E-state index is 12.9. The van der Waals surface area contributed by atoms with Crippen molar-refractivity contribution in [2.24, 2.45) is 11.5 Å². The van der Waals surface area contributed by atoms with E-state index in [1.165, 1.54) is 0 Å². The number of methoxy groups -OCH3 is 1. The minimum Gasteiger partial charge on any atom is -0.496 e. The first-order chi connectivity index (χ1) is 14.0. The molecule has 1 aliphatic rings. The number of anilines is 1. The minimum atomic E-state index is -0.587. The van der Waals surface area contributed by atoms with E-state index in [0.717, 1.165) is 30.0 Å². The van der Waals surface area contributed by atoms with Gasteiger partial charge in [-0.2, -0.15) is 0 Å². The molecule has 0 unspecified atom stereocenters. The van der Waals surface area contributed by atoms with Gasteiger partial charge >= 0.3 is 0 Å². The van der Waals surface area contributed by atoms with Crippen molar-refractivity contribution in [3.8, 4) is 5.75 Å². The molecular formula is C22H30N4O3. The highest BCUT2D eigenvalue weighted by molar-refractivity contribution is 6.01. The van der Waals surface area contributed by atoms with Gasteiger partial charge in [-0.3, -0.25) is 9.59 Å². The van der Waals surface area contributed by atoms with Crippen LogP contribution in [0.15, 0.2) is 36.4 Å². The molecule has 2 amide bonds. The molecular weight excluding hydrogens is 368 g/mol. The van der Waals surface area contributed by atoms with Crippen molar-refractivity contribution in [1.82, 2.24) is 4.90 Å². The van der Waals surface area contributed by atoms with Crippen molar-refractivity contribution < 1.29 is 14.3 Å². The van der Waals surface area contributed by atoms with Crippen LogP contribution in [0.3, 0.4) is 0 Å². The first-order valence-electron chi connectivity index (χ1n) is 10.2. The Kier molecular flexibility index (Phi) is 7.06. The highest BCUT2D eigenvalue weighted by Crippen LogP contribution is 2.30. The Morgan fingerprint density at radius 2 is 2.07 bits per heavy atom. The summed E-state index contributed by atoms with van der Waals surface area (Å²) in [4.78, 5) is 27.3. The zero-order valence-electron chi connectivity index (χ0n) is 16.9. The van der Waals surface area contributed by atoms with Gasteiger partial charge in [0.25, 0.3) is 0 Å². The average molecular weight is 399 g/mol. The van der Waals surface area contributed by atoms with Gasteiger partial charge in [-0.25, -0.2) is 0 Å². The molecule has 2 aromatic carbocycles. The van der Waals surface area contributed by atoms with Crippen LogP contribution in [-0.4, -0.2) is 49.0 Å². The molecule has 1 aliphatic heterocycles. The molecule has 2 atom stereocenters. The van der Waals surface area contributed by atoms with Gasteiger partial charge < -0.3 is 26.4 Å². The maximum absolute atomic E-state index is 12.9. The molecule has 1 heterocycles. The third kappa shape index (κ3) is 4.86. The highest BCUT2D eigenvalue weighted by Gasteiger charge is 2.36. The summed E-state index contributed by atoms with van der Waals surface area (Å²) in [6, 6.07) is 10.5. The normalized spacial score (nSPS) is 17.3. The minimum absolute atomic E-state index is 0.157. The van der Waals surface area contributed by atoms with Crippen molar-refractivity contribution >= 4 is 28.3 Å². The quantitative estimate of drug-likeness (QED) is 0.591. The summed E-state index contributed by atoms with van der Waals surface area (Å²) < 4.78 is 5.47. The molecule has 7 nitrogen and oxygen atoms in total. The van der Waals surface area contributed by atoms with Crippen molar-refractivity contribution in [3.05, 3.63) is 36.4 Å². The Bertz CT molecular complexity index is 870. The second-order valence-electron chi connectivity index (χ2n) is 7.47. The van der Waals surface area contributed by atoms with E-state index >= 15 is 0 Å². The van der Waals surface area contributed by atoms with Crippen LogP contribution in [0.25, 0.3) is 10.8 Å². The van der Waals surface area contributed by atoms with E-state index in [2.05, 4.69) is 5.32 Å². The first-order valence-corrected chi connectivity index (χ1v) is 10.2. The summed E-state index contributed by atoms with van der Waals surface area (Å²) in [5, 5.41) is 4.91. The van der Waals surface area contributed by atoms with Gasteiger partial charge in [-0.15, -0.1) is 0 Å². The topological polar surface area (TPSA) is 111 Å². The summed E-state index contributed by atoms with van der Waals surface area (Å²) >= 11 is 0. The summed E-state index contributed by atoms with van der Waals surface area (Å²) in [5.41, 5.74) is 12.2. The van der Waals surface area contributed by atoms with Crippen LogP contribution in [0.4, 0.5) is 5.69 Å². The number of carbonyl (C=O) groups is 2. The van der Waals surface area contributed by atoms with Crippen LogP contribution in [0, 0.1) is 0 Å². The van der Waals surface area contributed by atoms with Crippen LogP contribution < -0.4 is 21.5 Å². The van der Waals surface area contributed by atoms with Gasteiger partial charge in [0.2, 0.25) is 11.8 Å². The fourth-order valence-electron chi connectivity index (χ4n) is 3.89. The molecule has 7 heteroatoms. The Labute approximate surface area is 171 Å². The Morgan fingerprint density at radius 1 is 1.28 bits per heavy atom. The van der Waals surface area contributed by atoms with E-state index in [9.17, 15) is 9.59 Å². The number of benzene rings is 2. The number of ether oxygens (including phenoxy) is 1.